The lowest BCUT2D eigenvalue weighted by Crippen LogP contribution is -2.39. The van der Waals surface area contributed by atoms with Gasteiger partial charge >= 0.3 is 0 Å². The van der Waals surface area contributed by atoms with Gasteiger partial charge in [0.2, 0.25) is 0 Å². The monoisotopic (exact) mass is 244 g/mol. The molecule has 2 unspecified atom stereocenters. The minimum atomic E-state index is 0.306. The van der Waals surface area contributed by atoms with Crippen molar-refractivity contribution in [2.75, 3.05) is 13.1 Å². The van der Waals surface area contributed by atoms with E-state index in [1.807, 2.05) is 12.3 Å². The van der Waals surface area contributed by atoms with Crippen molar-refractivity contribution in [3.8, 4) is 6.07 Å². The molecule has 0 saturated carbocycles. The molecule has 1 saturated heterocycles. The largest absolute Gasteiger partial charge is 0.313 e. The Kier molecular flexibility index (Phi) is 4.68. The summed E-state index contributed by atoms with van der Waals surface area (Å²) in [6.07, 6.45) is 5.41. The van der Waals surface area contributed by atoms with E-state index >= 15 is 0 Å². The zero-order valence-corrected chi connectivity index (χ0v) is 10.8. The molecule has 0 bridgehead atoms. The van der Waals surface area contributed by atoms with Crippen LogP contribution in [0.4, 0.5) is 0 Å². The van der Waals surface area contributed by atoms with Gasteiger partial charge in [0.15, 0.2) is 0 Å². The Labute approximate surface area is 109 Å². The predicted molar refractivity (Wildman–Crippen MR) is 70.7 cm³/mol. The molecule has 0 amide bonds. The minimum absolute atomic E-state index is 0.306. The smallest absolute Gasteiger partial charge is 0.0638 e. The summed E-state index contributed by atoms with van der Waals surface area (Å²) in [5, 5.41) is 12.4. The second-order valence-electron chi connectivity index (χ2n) is 4.95. The fourth-order valence-electron chi connectivity index (χ4n) is 2.35. The van der Waals surface area contributed by atoms with E-state index in [4.69, 9.17) is 5.26 Å². The van der Waals surface area contributed by atoms with Crippen molar-refractivity contribution in [3.05, 3.63) is 30.1 Å². The van der Waals surface area contributed by atoms with Crippen LogP contribution in [0.15, 0.2) is 24.5 Å². The van der Waals surface area contributed by atoms with Crippen molar-refractivity contribution in [1.82, 2.24) is 15.2 Å². The molecule has 4 heteroatoms. The Morgan fingerprint density at radius 2 is 2.50 bits per heavy atom. The zero-order chi connectivity index (χ0) is 12.8. The van der Waals surface area contributed by atoms with Gasteiger partial charge in [-0.25, -0.2) is 0 Å². The molecule has 2 atom stereocenters. The highest BCUT2D eigenvalue weighted by Gasteiger charge is 2.23. The number of hydrogen-bond donors (Lipinski definition) is 1. The molecule has 0 spiro atoms. The standard InChI is InChI=1S/C14H20N4/c1-12-5-8-18(14(4-6-15)10-17-12)11-13-3-2-7-16-9-13/h2-3,7,9,12,14,17H,4-5,8,10-11H2,1H3. The normalized spacial score (nSPS) is 25.3. The van der Waals surface area contributed by atoms with Gasteiger partial charge in [-0.15, -0.1) is 0 Å². The Bertz CT molecular complexity index is 398. The van der Waals surface area contributed by atoms with E-state index in [0.717, 1.165) is 26.1 Å². The molecule has 1 aliphatic rings. The van der Waals surface area contributed by atoms with Crippen LogP contribution in [0.1, 0.15) is 25.3 Å². The molecule has 0 aromatic carbocycles. The fraction of sp³-hybridized carbons (Fsp3) is 0.571. The third kappa shape index (κ3) is 3.52. The maximum absolute atomic E-state index is 8.94. The van der Waals surface area contributed by atoms with Crippen LogP contribution in [-0.4, -0.2) is 35.1 Å². The lowest BCUT2D eigenvalue weighted by Gasteiger charge is -2.27. The Balaban J connectivity index is 2.04. The van der Waals surface area contributed by atoms with Gasteiger partial charge in [0, 0.05) is 44.1 Å². The molecule has 0 radical (unpaired) electrons. The molecule has 1 aromatic heterocycles. The van der Waals surface area contributed by atoms with E-state index in [0.29, 0.717) is 18.5 Å². The molecule has 1 fully saturated rings. The van der Waals surface area contributed by atoms with Crippen molar-refractivity contribution in [1.29, 1.82) is 5.26 Å². The molecular weight excluding hydrogens is 224 g/mol. The molecular formula is C14H20N4. The second-order valence-corrected chi connectivity index (χ2v) is 4.95. The van der Waals surface area contributed by atoms with Crippen molar-refractivity contribution >= 4 is 0 Å². The van der Waals surface area contributed by atoms with Gasteiger partial charge in [-0.05, 0) is 25.0 Å². The molecule has 18 heavy (non-hydrogen) atoms. The third-order valence-electron chi connectivity index (χ3n) is 3.50. The number of pyridine rings is 1. The van der Waals surface area contributed by atoms with Crippen LogP contribution in [0.5, 0.6) is 0 Å². The first-order valence-corrected chi connectivity index (χ1v) is 6.53. The van der Waals surface area contributed by atoms with E-state index in [1.54, 1.807) is 6.20 Å². The minimum Gasteiger partial charge on any atom is -0.313 e. The van der Waals surface area contributed by atoms with E-state index < -0.39 is 0 Å². The summed E-state index contributed by atoms with van der Waals surface area (Å²) >= 11 is 0. The van der Waals surface area contributed by atoms with Crippen LogP contribution in [0, 0.1) is 11.3 Å². The predicted octanol–water partition coefficient (Wildman–Crippen LogP) is 1.55. The molecule has 1 aromatic rings. The Morgan fingerprint density at radius 3 is 3.22 bits per heavy atom. The van der Waals surface area contributed by atoms with Gasteiger partial charge in [0.25, 0.3) is 0 Å². The number of nitrogens with one attached hydrogen (secondary N) is 1. The quantitative estimate of drug-likeness (QED) is 0.876. The summed E-state index contributed by atoms with van der Waals surface area (Å²) in [5.74, 6) is 0. The summed E-state index contributed by atoms with van der Waals surface area (Å²) in [7, 11) is 0. The van der Waals surface area contributed by atoms with E-state index in [2.05, 4.69) is 34.3 Å². The number of hydrogen-bond acceptors (Lipinski definition) is 4. The summed E-state index contributed by atoms with van der Waals surface area (Å²) in [5.41, 5.74) is 1.22. The van der Waals surface area contributed by atoms with Crippen molar-refractivity contribution in [2.45, 2.75) is 38.4 Å². The van der Waals surface area contributed by atoms with Crippen molar-refractivity contribution in [3.63, 3.8) is 0 Å². The van der Waals surface area contributed by atoms with Gasteiger partial charge < -0.3 is 5.32 Å². The number of rotatable bonds is 3. The maximum atomic E-state index is 8.94. The van der Waals surface area contributed by atoms with Crippen LogP contribution in [0.3, 0.4) is 0 Å². The molecule has 2 rings (SSSR count). The summed E-state index contributed by atoms with van der Waals surface area (Å²) in [6, 6.07) is 7.20. The van der Waals surface area contributed by atoms with Gasteiger partial charge in [-0.3, -0.25) is 9.88 Å². The highest BCUT2D eigenvalue weighted by molar-refractivity contribution is 5.09. The lowest BCUT2D eigenvalue weighted by atomic mass is 10.1. The van der Waals surface area contributed by atoms with Crippen LogP contribution < -0.4 is 5.32 Å². The van der Waals surface area contributed by atoms with Crippen LogP contribution >= 0.6 is 0 Å². The first-order valence-electron chi connectivity index (χ1n) is 6.53. The Hall–Kier alpha value is -1.44. The van der Waals surface area contributed by atoms with Crippen LogP contribution in [-0.2, 0) is 6.54 Å². The summed E-state index contributed by atoms with van der Waals surface area (Å²) < 4.78 is 0. The van der Waals surface area contributed by atoms with Gasteiger partial charge in [-0.2, -0.15) is 5.26 Å². The van der Waals surface area contributed by atoms with Crippen molar-refractivity contribution in [2.24, 2.45) is 0 Å². The fourth-order valence-corrected chi connectivity index (χ4v) is 2.35. The number of nitrogens with zero attached hydrogens (tertiary/aromatic N) is 3. The van der Waals surface area contributed by atoms with Crippen LogP contribution in [0.25, 0.3) is 0 Å². The molecule has 0 aliphatic carbocycles. The molecule has 4 nitrogen and oxygen atoms in total. The van der Waals surface area contributed by atoms with Crippen molar-refractivity contribution < 1.29 is 0 Å². The number of aromatic nitrogens is 1. The average Bonchev–Trinajstić information content (AvgIpc) is 2.56. The molecule has 2 heterocycles. The van der Waals surface area contributed by atoms with Gasteiger partial charge in [0.1, 0.15) is 0 Å². The van der Waals surface area contributed by atoms with Crippen LogP contribution in [0.2, 0.25) is 0 Å². The molecule has 1 aliphatic heterocycles. The maximum Gasteiger partial charge on any atom is 0.0638 e. The van der Waals surface area contributed by atoms with E-state index in [-0.39, 0.29) is 0 Å². The SMILES string of the molecule is CC1CCN(Cc2cccnc2)C(CC#N)CN1. The van der Waals surface area contributed by atoms with E-state index in [1.165, 1.54) is 5.56 Å². The number of nitriles is 1. The topological polar surface area (TPSA) is 52.0 Å². The van der Waals surface area contributed by atoms with E-state index in [9.17, 15) is 0 Å². The second kappa shape index (κ2) is 6.48. The van der Waals surface area contributed by atoms with Gasteiger partial charge in [-0.1, -0.05) is 6.07 Å². The first kappa shape index (κ1) is 13.0. The lowest BCUT2D eigenvalue weighted by molar-refractivity contribution is 0.202. The molecule has 1 N–H and O–H groups in total. The third-order valence-corrected chi connectivity index (χ3v) is 3.50. The summed E-state index contributed by atoms with van der Waals surface area (Å²) in [6.45, 7) is 5.02. The highest BCUT2D eigenvalue weighted by atomic mass is 15.2. The Morgan fingerprint density at radius 1 is 1.61 bits per heavy atom. The average molecular weight is 244 g/mol. The summed E-state index contributed by atoms with van der Waals surface area (Å²) in [4.78, 5) is 6.55. The highest BCUT2D eigenvalue weighted by Crippen LogP contribution is 2.14. The first-order chi connectivity index (χ1) is 8.79. The van der Waals surface area contributed by atoms with Gasteiger partial charge in [0.05, 0.1) is 12.5 Å². The molecule has 96 valence electrons. The zero-order valence-electron chi connectivity index (χ0n) is 10.8.